The number of amides is 2. The summed E-state index contributed by atoms with van der Waals surface area (Å²) >= 11 is 0. The number of nitrogens with one attached hydrogen (secondary N) is 2. The van der Waals surface area contributed by atoms with Crippen molar-refractivity contribution in [2.24, 2.45) is 0 Å². The molecular weight excluding hydrogens is 436 g/mol. The highest BCUT2D eigenvalue weighted by molar-refractivity contribution is 5.92. The van der Waals surface area contributed by atoms with Crippen LogP contribution in [0.2, 0.25) is 0 Å². The molecule has 2 aromatic carbocycles. The zero-order chi connectivity index (χ0) is 24.7. The van der Waals surface area contributed by atoms with Gasteiger partial charge in [-0.25, -0.2) is 0 Å². The minimum absolute atomic E-state index is 0.0549. The number of carbonyl (C=O) groups excluding carboxylic acids is 2. The second-order valence-electron chi connectivity index (χ2n) is 10.0. The van der Waals surface area contributed by atoms with Crippen LogP contribution in [-0.4, -0.2) is 60.9 Å². The average Bonchev–Trinajstić information content (AvgIpc) is 3.56. The third kappa shape index (κ3) is 6.30. The Morgan fingerprint density at radius 2 is 1.00 bits per heavy atom. The van der Waals surface area contributed by atoms with Crippen LogP contribution in [0.15, 0.2) is 48.5 Å². The van der Waals surface area contributed by atoms with Crippen LogP contribution in [0.1, 0.15) is 63.5 Å². The Morgan fingerprint density at radius 3 is 1.31 bits per heavy atom. The molecule has 6 heteroatoms. The fourth-order valence-electron chi connectivity index (χ4n) is 5.67. The van der Waals surface area contributed by atoms with E-state index >= 15 is 0 Å². The number of benzene rings is 2. The van der Waals surface area contributed by atoms with E-state index in [1.807, 2.05) is 24.3 Å². The highest BCUT2D eigenvalue weighted by atomic mass is 16.2. The van der Waals surface area contributed by atoms with Crippen LogP contribution in [0, 0.1) is 0 Å². The molecule has 188 valence electrons. The smallest absolute Gasteiger partial charge is 0.238 e. The summed E-state index contributed by atoms with van der Waals surface area (Å²) in [6.07, 6.45) is 6.66. The molecule has 0 bridgehead atoms. The van der Waals surface area contributed by atoms with Crippen LogP contribution in [0.3, 0.4) is 0 Å². The van der Waals surface area contributed by atoms with Crippen molar-refractivity contribution in [3.05, 3.63) is 59.7 Å². The van der Waals surface area contributed by atoms with Gasteiger partial charge in [0.15, 0.2) is 0 Å². The predicted molar refractivity (Wildman–Crippen MR) is 143 cm³/mol. The fourth-order valence-corrected chi connectivity index (χ4v) is 5.67. The number of anilines is 2. The monoisotopic (exact) mass is 476 g/mol. The van der Waals surface area contributed by atoms with E-state index in [-0.39, 0.29) is 17.2 Å². The van der Waals surface area contributed by atoms with Gasteiger partial charge in [0.1, 0.15) is 0 Å². The van der Waals surface area contributed by atoms with Gasteiger partial charge in [-0.2, -0.15) is 0 Å². The molecule has 4 rings (SSSR count). The summed E-state index contributed by atoms with van der Waals surface area (Å²) in [7, 11) is 0. The van der Waals surface area contributed by atoms with E-state index in [0.29, 0.717) is 13.1 Å². The maximum atomic E-state index is 12.4. The van der Waals surface area contributed by atoms with E-state index in [4.69, 9.17) is 0 Å². The van der Waals surface area contributed by atoms with Crippen LogP contribution in [0.25, 0.3) is 0 Å². The van der Waals surface area contributed by atoms with E-state index in [9.17, 15) is 9.59 Å². The number of hydrogen-bond donors (Lipinski definition) is 2. The standard InChI is InChI=1S/C29H40N4O2/c1-3-29(4-2,23-9-13-25(14-10-23)30-27(34)21-32-17-5-6-18-32)24-11-15-26(16-12-24)31-28(35)22-33-19-7-8-20-33/h9-16H,3-8,17-22H2,1-2H3,(H,30,34)(H,31,35). The maximum Gasteiger partial charge on any atom is 0.238 e. The molecule has 0 aromatic heterocycles. The SMILES string of the molecule is CCC(CC)(c1ccc(NC(=O)CN2CCCC2)cc1)c1ccc(NC(=O)CN2CCCC2)cc1. The van der Waals surface area contributed by atoms with Crippen molar-refractivity contribution in [1.29, 1.82) is 0 Å². The van der Waals surface area contributed by atoms with Crippen molar-refractivity contribution in [3.8, 4) is 0 Å². The summed E-state index contributed by atoms with van der Waals surface area (Å²) in [6.45, 7) is 9.45. The molecule has 2 N–H and O–H groups in total. The first kappa shape index (κ1) is 25.4. The molecule has 0 radical (unpaired) electrons. The van der Waals surface area contributed by atoms with Crippen molar-refractivity contribution in [1.82, 2.24) is 9.80 Å². The zero-order valence-electron chi connectivity index (χ0n) is 21.3. The second kappa shape index (κ2) is 11.8. The Kier molecular flexibility index (Phi) is 8.58. The topological polar surface area (TPSA) is 64.7 Å². The Balaban J connectivity index is 1.41. The van der Waals surface area contributed by atoms with E-state index in [1.54, 1.807) is 0 Å². The van der Waals surface area contributed by atoms with Gasteiger partial charge in [-0.1, -0.05) is 38.1 Å². The lowest BCUT2D eigenvalue weighted by atomic mass is 9.70. The third-order valence-corrected chi connectivity index (χ3v) is 7.78. The van der Waals surface area contributed by atoms with Gasteiger partial charge in [0, 0.05) is 16.8 Å². The summed E-state index contributed by atoms with van der Waals surface area (Å²) < 4.78 is 0. The highest BCUT2D eigenvalue weighted by Gasteiger charge is 2.30. The molecule has 2 heterocycles. The lowest BCUT2D eigenvalue weighted by molar-refractivity contribution is -0.117. The summed E-state index contributed by atoms with van der Waals surface area (Å²) in [5.41, 5.74) is 4.05. The van der Waals surface area contributed by atoms with E-state index in [1.165, 1.54) is 36.8 Å². The number of rotatable bonds is 10. The summed E-state index contributed by atoms with van der Waals surface area (Å²) in [5, 5.41) is 6.10. The van der Waals surface area contributed by atoms with Crippen LogP contribution in [0.5, 0.6) is 0 Å². The number of carbonyl (C=O) groups is 2. The van der Waals surface area contributed by atoms with Crippen molar-refractivity contribution in [2.75, 3.05) is 49.9 Å². The molecule has 0 atom stereocenters. The van der Waals surface area contributed by atoms with Crippen LogP contribution >= 0.6 is 0 Å². The van der Waals surface area contributed by atoms with Gasteiger partial charge in [0.2, 0.25) is 11.8 Å². The van der Waals surface area contributed by atoms with Gasteiger partial charge in [0.05, 0.1) is 13.1 Å². The minimum atomic E-state index is -0.115. The Morgan fingerprint density at radius 1 is 0.657 bits per heavy atom. The molecule has 2 aromatic rings. The van der Waals surface area contributed by atoms with Crippen LogP contribution < -0.4 is 10.6 Å². The molecule has 2 saturated heterocycles. The Hall–Kier alpha value is -2.70. The molecular formula is C29H40N4O2. The first-order valence-corrected chi connectivity index (χ1v) is 13.3. The van der Waals surface area contributed by atoms with Gasteiger partial charge in [0.25, 0.3) is 0 Å². The average molecular weight is 477 g/mol. The Bertz CT molecular complexity index is 893. The molecule has 0 unspecified atom stereocenters. The van der Waals surface area contributed by atoms with Crippen molar-refractivity contribution < 1.29 is 9.59 Å². The molecule has 0 spiro atoms. The number of nitrogens with zero attached hydrogens (tertiary/aromatic N) is 2. The van der Waals surface area contributed by atoms with Gasteiger partial charge >= 0.3 is 0 Å². The lowest BCUT2D eigenvalue weighted by Crippen LogP contribution is -2.31. The molecule has 2 aliphatic rings. The number of likely N-dealkylation sites (tertiary alicyclic amines) is 2. The second-order valence-corrected chi connectivity index (χ2v) is 10.0. The number of hydrogen-bond acceptors (Lipinski definition) is 4. The van der Waals surface area contributed by atoms with Gasteiger partial charge in [-0.3, -0.25) is 19.4 Å². The van der Waals surface area contributed by atoms with Gasteiger partial charge in [-0.15, -0.1) is 0 Å². The van der Waals surface area contributed by atoms with E-state index < -0.39 is 0 Å². The van der Waals surface area contributed by atoms with Crippen molar-refractivity contribution in [2.45, 2.75) is 57.8 Å². The summed E-state index contributed by atoms with van der Waals surface area (Å²) in [6, 6.07) is 16.6. The van der Waals surface area contributed by atoms with Gasteiger partial charge < -0.3 is 10.6 Å². The molecule has 0 saturated carbocycles. The van der Waals surface area contributed by atoms with Crippen molar-refractivity contribution >= 4 is 23.2 Å². The minimum Gasteiger partial charge on any atom is -0.325 e. The largest absolute Gasteiger partial charge is 0.325 e. The van der Waals surface area contributed by atoms with Gasteiger partial charge in [-0.05, 0) is 100 Å². The molecule has 35 heavy (non-hydrogen) atoms. The molecule has 0 aliphatic carbocycles. The summed E-state index contributed by atoms with van der Waals surface area (Å²) in [5.74, 6) is 0.110. The normalized spacial score (nSPS) is 17.0. The lowest BCUT2D eigenvalue weighted by Gasteiger charge is -2.33. The quantitative estimate of drug-likeness (QED) is 0.514. The van der Waals surface area contributed by atoms with E-state index in [0.717, 1.165) is 50.4 Å². The predicted octanol–water partition coefficient (Wildman–Crippen LogP) is 4.86. The fraction of sp³-hybridized carbons (Fsp3) is 0.517. The van der Waals surface area contributed by atoms with E-state index in [2.05, 4.69) is 58.5 Å². The zero-order valence-corrected chi connectivity index (χ0v) is 21.3. The Labute approximate surface area is 210 Å². The highest BCUT2D eigenvalue weighted by Crippen LogP contribution is 2.39. The molecule has 2 fully saturated rings. The third-order valence-electron chi connectivity index (χ3n) is 7.78. The maximum absolute atomic E-state index is 12.4. The molecule has 2 aliphatic heterocycles. The first-order valence-electron chi connectivity index (χ1n) is 13.3. The molecule has 2 amide bonds. The summed E-state index contributed by atoms with van der Waals surface area (Å²) in [4.78, 5) is 29.2. The van der Waals surface area contributed by atoms with Crippen molar-refractivity contribution in [3.63, 3.8) is 0 Å². The van der Waals surface area contributed by atoms with Crippen LogP contribution in [-0.2, 0) is 15.0 Å². The van der Waals surface area contributed by atoms with Crippen LogP contribution in [0.4, 0.5) is 11.4 Å². The first-order chi connectivity index (χ1) is 17.0. The molecule has 6 nitrogen and oxygen atoms in total.